The first-order chi connectivity index (χ1) is 14.1. The molecule has 30 heavy (non-hydrogen) atoms. The lowest BCUT2D eigenvalue weighted by molar-refractivity contribution is 0.180. The highest BCUT2D eigenvalue weighted by molar-refractivity contribution is 7.53. The highest BCUT2D eigenvalue weighted by Gasteiger charge is 2.39. The maximum atomic E-state index is 13.8. The lowest BCUT2D eigenvalue weighted by Gasteiger charge is -2.26. The van der Waals surface area contributed by atoms with Gasteiger partial charge in [-0.25, -0.2) is 8.78 Å². The number of halogens is 2. The van der Waals surface area contributed by atoms with Gasteiger partial charge in [0.05, 0.1) is 11.8 Å². The Bertz CT molecular complexity index is 1080. The standard InChI is InChI=1S/C23H27F2O3PS/c1-5-15(4)28-29(26,27)20(13-16-10-11-18(24)19(25)12-16)23-22(14(2)3)17-8-6-7-9-21(17)30-23/h6-12,14-15,20H,5,13H2,1-4H3,(H,26,27). The molecule has 0 aliphatic rings. The monoisotopic (exact) mass is 452 g/mol. The second kappa shape index (κ2) is 9.27. The van der Waals surface area contributed by atoms with Gasteiger partial charge in [-0.05, 0) is 60.4 Å². The summed E-state index contributed by atoms with van der Waals surface area (Å²) in [5, 5.41) is 1.05. The SMILES string of the molecule is CCC(C)OP(=O)(O)C(Cc1ccc(F)c(F)c1)c1sc2ccccc2c1C(C)C. The molecule has 0 aliphatic heterocycles. The number of benzene rings is 2. The Labute approximate surface area is 180 Å². The van der Waals surface area contributed by atoms with Crippen molar-refractivity contribution in [3.63, 3.8) is 0 Å². The summed E-state index contributed by atoms with van der Waals surface area (Å²) in [5.74, 6) is -1.79. The normalized spacial score (nSPS) is 16.0. The van der Waals surface area contributed by atoms with Crippen molar-refractivity contribution in [1.82, 2.24) is 0 Å². The minimum absolute atomic E-state index is 0.0773. The number of rotatable bonds is 8. The molecular formula is C23H27F2O3PS. The van der Waals surface area contributed by atoms with Crippen LogP contribution in [-0.4, -0.2) is 11.0 Å². The zero-order valence-electron chi connectivity index (χ0n) is 17.6. The van der Waals surface area contributed by atoms with Gasteiger partial charge in [0.25, 0.3) is 0 Å². The van der Waals surface area contributed by atoms with Gasteiger partial charge in [0.1, 0.15) is 0 Å². The highest BCUT2D eigenvalue weighted by atomic mass is 32.1. The van der Waals surface area contributed by atoms with Crippen LogP contribution in [0, 0.1) is 11.6 Å². The van der Waals surface area contributed by atoms with Crippen molar-refractivity contribution in [3.8, 4) is 0 Å². The van der Waals surface area contributed by atoms with Crippen molar-refractivity contribution < 1.29 is 22.8 Å². The van der Waals surface area contributed by atoms with Crippen LogP contribution in [0.1, 0.15) is 61.7 Å². The predicted octanol–water partition coefficient (Wildman–Crippen LogP) is 7.59. The summed E-state index contributed by atoms with van der Waals surface area (Å²) < 4.78 is 47.3. The summed E-state index contributed by atoms with van der Waals surface area (Å²) in [6.07, 6.45) is 0.269. The molecule has 0 radical (unpaired) electrons. The Kier molecular flexibility index (Phi) is 7.13. The molecule has 0 saturated carbocycles. The van der Waals surface area contributed by atoms with Crippen LogP contribution in [0.5, 0.6) is 0 Å². The van der Waals surface area contributed by atoms with Crippen LogP contribution in [-0.2, 0) is 15.5 Å². The molecule has 1 N–H and O–H groups in total. The van der Waals surface area contributed by atoms with Gasteiger partial charge >= 0.3 is 7.60 Å². The largest absolute Gasteiger partial charge is 0.336 e. The van der Waals surface area contributed by atoms with Gasteiger partial charge in [-0.15, -0.1) is 11.3 Å². The maximum Gasteiger partial charge on any atom is 0.336 e. The van der Waals surface area contributed by atoms with E-state index in [-0.39, 0.29) is 12.3 Å². The van der Waals surface area contributed by atoms with E-state index in [9.17, 15) is 18.2 Å². The van der Waals surface area contributed by atoms with Crippen molar-refractivity contribution in [2.24, 2.45) is 0 Å². The summed E-state index contributed by atoms with van der Waals surface area (Å²) in [5.41, 5.74) is 0.587. The van der Waals surface area contributed by atoms with Gasteiger partial charge in [0.2, 0.25) is 0 Å². The second-order valence-corrected chi connectivity index (χ2v) is 10.9. The smallest absolute Gasteiger partial charge is 0.324 e. The van der Waals surface area contributed by atoms with Crippen LogP contribution in [0.25, 0.3) is 10.1 Å². The molecule has 3 nitrogen and oxygen atoms in total. The molecule has 1 aromatic heterocycles. The van der Waals surface area contributed by atoms with Crippen molar-refractivity contribution in [2.45, 2.75) is 58.2 Å². The molecule has 3 rings (SSSR count). The Hall–Kier alpha value is -1.59. The van der Waals surface area contributed by atoms with Gasteiger partial charge in [-0.3, -0.25) is 4.57 Å². The Morgan fingerprint density at radius 3 is 2.43 bits per heavy atom. The van der Waals surface area contributed by atoms with Crippen LogP contribution in [0.3, 0.4) is 0 Å². The fourth-order valence-corrected chi connectivity index (χ4v) is 7.17. The Morgan fingerprint density at radius 1 is 1.10 bits per heavy atom. The van der Waals surface area contributed by atoms with Crippen LogP contribution in [0.4, 0.5) is 8.78 Å². The highest BCUT2D eigenvalue weighted by Crippen LogP contribution is 2.62. The van der Waals surface area contributed by atoms with Gasteiger partial charge < -0.3 is 9.42 Å². The second-order valence-electron chi connectivity index (χ2n) is 7.89. The quantitative estimate of drug-likeness (QED) is 0.358. The minimum Gasteiger partial charge on any atom is -0.324 e. The predicted molar refractivity (Wildman–Crippen MR) is 119 cm³/mol. The molecule has 0 spiro atoms. The van der Waals surface area contributed by atoms with E-state index in [1.54, 1.807) is 6.92 Å². The molecule has 0 bridgehead atoms. The summed E-state index contributed by atoms with van der Waals surface area (Å²) >= 11 is 1.47. The number of hydrogen-bond acceptors (Lipinski definition) is 3. The Balaban J connectivity index is 2.16. The molecule has 1 heterocycles. The molecule has 3 unspecified atom stereocenters. The average Bonchev–Trinajstić information content (AvgIpc) is 3.07. The van der Waals surface area contributed by atoms with E-state index in [1.165, 1.54) is 17.4 Å². The molecule has 0 aliphatic carbocycles. The first-order valence-electron chi connectivity index (χ1n) is 10.1. The zero-order valence-corrected chi connectivity index (χ0v) is 19.3. The van der Waals surface area contributed by atoms with Gasteiger partial charge in [0.15, 0.2) is 11.6 Å². The lowest BCUT2D eigenvalue weighted by atomic mass is 9.96. The van der Waals surface area contributed by atoms with E-state index >= 15 is 0 Å². The van der Waals surface area contributed by atoms with Crippen LogP contribution in [0.2, 0.25) is 0 Å². The van der Waals surface area contributed by atoms with Crippen molar-refractivity contribution in [1.29, 1.82) is 0 Å². The summed E-state index contributed by atoms with van der Waals surface area (Å²) in [4.78, 5) is 11.8. The van der Waals surface area contributed by atoms with E-state index < -0.39 is 31.0 Å². The number of hydrogen-bond donors (Lipinski definition) is 1. The number of thiophene rings is 1. The summed E-state index contributed by atoms with van der Waals surface area (Å²) in [6.45, 7) is 7.73. The summed E-state index contributed by atoms with van der Waals surface area (Å²) in [6, 6.07) is 11.5. The average molecular weight is 453 g/mol. The van der Waals surface area contributed by atoms with Gasteiger partial charge in [-0.2, -0.15) is 0 Å². The summed E-state index contributed by atoms with van der Waals surface area (Å²) in [7, 11) is -4.12. The van der Waals surface area contributed by atoms with E-state index in [0.717, 1.165) is 32.7 Å². The molecule has 7 heteroatoms. The third-order valence-electron chi connectivity index (χ3n) is 5.26. The molecule has 0 saturated heterocycles. The third-order valence-corrected chi connectivity index (χ3v) is 8.62. The molecule has 2 aromatic carbocycles. The molecule has 162 valence electrons. The first kappa shape index (κ1) is 23.1. The lowest BCUT2D eigenvalue weighted by Crippen LogP contribution is -2.12. The van der Waals surface area contributed by atoms with E-state index in [0.29, 0.717) is 12.0 Å². The molecule has 3 atom stereocenters. The van der Waals surface area contributed by atoms with Gasteiger partial charge in [-0.1, -0.05) is 45.0 Å². The van der Waals surface area contributed by atoms with Crippen molar-refractivity contribution in [3.05, 3.63) is 70.1 Å². The zero-order chi connectivity index (χ0) is 22.1. The van der Waals surface area contributed by atoms with Crippen LogP contribution in [0.15, 0.2) is 42.5 Å². The fourth-order valence-electron chi connectivity index (χ4n) is 3.58. The molecular weight excluding hydrogens is 425 g/mol. The van der Waals surface area contributed by atoms with Gasteiger partial charge in [0, 0.05) is 9.58 Å². The van der Waals surface area contributed by atoms with Crippen molar-refractivity contribution >= 4 is 29.0 Å². The number of fused-ring (bicyclic) bond motifs is 1. The Morgan fingerprint density at radius 2 is 1.80 bits per heavy atom. The van der Waals surface area contributed by atoms with E-state index in [1.807, 2.05) is 45.0 Å². The van der Waals surface area contributed by atoms with Crippen molar-refractivity contribution in [2.75, 3.05) is 0 Å². The topological polar surface area (TPSA) is 46.5 Å². The molecule has 3 aromatic rings. The maximum absolute atomic E-state index is 13.8. The molecule has 0 amide bonds. The van der Waals surface area contributed by atoms with Crippen LogP contribution < -0.4 is 0 Å². The fraction of sp³-hybridized carbons (Fsp3) is 0.391. The van der Waals surface area contributed by atoms with E-state index in [4.69, 9.17) is 4.52 Å². The minimum atomic E-state index is -4.12. The first-order valence-corrected chi connectivity index (χ1v) is 12.6. The van der Waals surface area contributed by atoms with Crippen LogP contribution >= 0.6 is 18.9 Å². The van der Waals surface area contributed by atoms with E-state index in [2.05, 4.69) is 0 Å². The third kappa shape index (κ3) is 4.83. The molecule has 0 fully saturated rings.